The molecule has 1 aromatic heterocycles. The summed E-state index contributed by atoms with van der Waals surface area (Å²) >= 11 is 0. The molecule has 6 heteroatoms. The molecule has 2 atom stereocenters. The first kappa shape index (κ1) is 13.9. The number of anilines is 2. The van der Waals surface area contributed by atoms with Crippen molar-refractivity contribution in [2.45, 2.75) is 39.3 Å². The molecule has 6 nitrogen and oxygen atoms in total. The van der Waals surface area contributed by atoms with Gasteiger partial charge in [-0.3, -0.25) is 0 Å². The second-order valence-corrected chi connectivity index (χ2v) is 4.91. The lowest BCUT2D eigenvalue weighted by Crippen LogP contribution is -2.48. The zero-order chi connectivity index (χ0) is 13.8. The fourth-order valence-electron chi connectivity index (χ4n) is 2.11. The molecule has 0 saturated carbocycles. The fraction of sp³-hybridized carbons (Fsp3) is 0.692. The highest BCUT2D eigenvalue weighted by Crippen LogP contribution is 2.30. The van der Waals surface area contributed by atoms with Gasteiger partial charge in [0.25, 0.3) is 0 Å². The minimum absolute atomic E-state index is 0.172. The zero-order valence-corrected chi connectivity index (χ0v) is 11.8. The first-order valence-corrected chi connectivity index (χ1v) is 6.75. The predicted octanol–water partition coefficient (Wildman–Crippen LogP) is 1.46. The Morgan fingerprint density at radius 2 is 2.26 bits per heavy atom. The highest BCUT2D eigenvalue weighted by Gasteiger charge is 2.27. The van der Waals surface area contributed by atoms with Crippen molar-refractivity contribution in [2.24, 2.45) is 0 Å². The maximum Gasteiger partial charge on any atom is 0.242 e. The Kier molecular flexibility index (Phi) is 4.42. The molecule has 1 saturated heterocycles. The minimum Gasteiger partial charge on any atom is -0.476 e. The van der Waals surface area contributed by atoms with E-state index in [9.17, 15) is 0 Å². The monoisotopic (exact) mass is 266 g/mol. The first-order valence-electron chi connectivity index (χ1n) is 6.75. The second-order valence-electron chi connectivity index (χ2n) is 4.91. The van der Waals surface area contributed by atoms with Gasteiger partial charge in [0.2, 0.25) is 5.88 Å². The van der Waals surface area contributed by atoms with Gasteiger partial charge in [0.15, 0.2) is 5.82 Å². The van der Waals surface area contributed by atoms with Gasteiger partial charge in [-0.25, -0.2) is 4.98 Å². The second kappa shape index (κ2) is 6.06. The third-order valence-corrected chi connectivity index (χ3v) is 3.15. The molecule has 2 heterocycles. The lowest BCUT2D eigenvalue weighted by molar-refractivity contribution is 0.0341. The van der Waals surface area contributed by atoms with Gasteiger partial charge < -0.3 is 20.1 Å². The maximum atomic E-state index is 6.13. The number of hydrogen-bond acceptors (Lipinski definition) is 6. The molecule has 0 spiro atoms. The molecule has 0 amide bonds. The van der Waals surface area contributed by atoms with Gasteiger partial charge in [-0.1, -0.05) is 6.92 Å². The summed E-state index contributed by atoms with van der Waals surface area (Å²) in [5.74, 6) is 1.21. The molecule has 2 unspecified atom stereocenters. The van der Waals surface area contributed by atoms with E-state index >= 15 is 0 Å². The lowest BCUT2D eigenvalue weighted by atomic mass is 10.2. The molecule has 106 valence electrons. The van der Waals surface area contributed by atoms with Crippen molar-refractivity contribution in [3.8, 4) is 5.88 Å². The highest BCUT2D eigenvalue weighted by atomic mass is 16.5. The van der Waals surface area contributed by atoms with Crippen LogP contribution in [0.3, 0.4) is 0 Å². The number of hydrogen-bond donors (Lipinski definition) is 1. The Hall–Kier alpha value is -1.56. The van der Waals surface area contributed by atoms with E-state index < -0.39 is 0 Å². The van der Waals surface area contributed by atoms with Crippen LogP contribution in [0.1, 0.15) is 27.2 Å². The fourth-order valence-corrected chi connectivity index (χ4v) is 2.11. The quantitative estimate of drug-likeness (QED) is 0.889. The molecular weight excluding hydrogens is 244 g/mol. The predicted molar refractivity (Wildman–Crippen MR) is 74.5 cm³/mol. The third kappa shape index (κ3) is 3.07. The number of ether oxygens (including phenoxy) is 2. The van der Waals surface area contributed by atoms with E-state index in [-0.39, 0.29) is 12.1 Å². The Labute approximate surface area is 113 Å². The normalized spacial score (nSPS) is 23.4. The standard InChI is InChI=1S/C13H22N4O2/c1-4-5-18-13-11(14)12(15-8-16-13)17-6-10(3)19-7-9(17)2/h8-10H,4-7,14H2,1-3H3. The van der Waals surface area contributed by atoms with Gasteiger partial charge in [0.1, 0.15) is 12.0 Å². The summed E-state index contributed by atoms with van der Waals surface area (Å²) < 4.78 is 11.2. The topological polar surface area (TPSA) is 73.5 Å². The molecule has 0 bridgehead atoms. The largest absolute Gasteiger partial charge is 0.476 e. The van der Waals surface area contributed by atoms with Crippen LogP contribution in [0.4, 0.5) is 11.5 Å². The van der Waals surface area contributed by atoms with E-state index in [2.05, 4.69) is 21.8 Å². The number of morpholine rings is 1. The summed E-state index contributed by atoms with van der Waals surface area (Å²) in [6.07, 6.45) is 2.60. The molecule has 1 fully saturated rings. The summed E-state index contributed by atoms with van der Waals surface area (Å²) in [4.78, 5) is 10.6. The first-order chi connectivity index (χ1) is 9.13. The van der Waals surface area contributed by atoms with E-state index in [1.54, 1.807) is 0 Å². The summed E-state index contributed by atoms with van der Waals surface area (Å²) in [6, 6.07) is 0.243. The van der Waals surface area contributed by atoms with Gasteiger partial charge in [-0.05, 0) is 20.3 Å². The Morgan fingerprint density at radius 3 is 3.00 bits per heavy atom. The molecule has 2 rings (SSSR count). The zero-order valence-electron chi connectivity index (χ0n) is 11.8. The molecule has 0 radical (unpaired) electrons. The van der Waals surface area contributed by atoms with Crippen molar-refractivity contribution < 1.29 is 9.47 Å². The molecular formula is C13H22N4O2. The average Bonchev–Trinajstić information content (AvgIpc) is 2.41. The maximum absolute atomic E-state index is 6.13. The van der Waals surface area contributed by atoms with Gasteiger partial charge in [0, 0.05) is 6.54 Å². The van der Waals surface area contributed by atoms with Gasteiger partial charge >= 0.3 is 0 Å². The Morgan fingerprint density at radius 1 is 1.47 bits per heavy atom. The van der Waals surface area contributed by atoms with Crippen molar-refractivity contribution in [1.82, 2.24) is 9.97 Å². The van der Waals surface area contributed by atoms with Crippen LogP contribution in [0, 0.1) is 0 Å². The van der Waals surface area contributed by atoms with Crippen LogP contribution in [-0.2, 0) is 4.74 Å². The van der Waals surface area contributed by atoms with Crippen LogP contribution < -0.4 is 15.4 Å². The SMILES string of the molecule is CCCOc1ncnc(N2CC(C)OCC2C)c1N. The van der Waals surface area contributed by atoms with Crippen molar-refractivity contribution >= 4 is 11.5 Å². The van der Waals surface area contributed by atoms with Gasteiger partial charge in [-0.2, -0.15) is 4.98 Å². The number of nitrogens with two attached hydrogens (primary N) is 1. The average molecular weight is 266 g/mol. The minimum atomic E-state index is 0.172. The number of nitrogen functional groups attached to an aromatic ring is 1. The molecule has 0 aliphatic carbocycles. The Bertz CT molecular complexity index is 427. The molecule has 1 aliphatic heterocycles. The van der Waals surface area contributed by atoms with Crippen LogP contribution in [0.25, 0.3) is 0 Å². The molecule has 1 aromatic rings. The summed E-state index contributed by atoms with van der Waals surface area (Å²) in [5.41, 5.74) is 6.64. The van der Waals surface area contributed by atoms with Crippen LogP contribution in [0.15, 0.2) is 6.33 Å². The number of rotatable bonds is 4. The highest BCUT2D eigenvalue weighted by molar-refractivity contribution is 5.68. The van der Waals surface area contributed by atoms with E-state index in [0.29, 0.717) is 24.8 Å². The van der Waals surface area contributed by atoms with Crippen molar-refractivity contribution in [3.63, 3.8) is 0 Å². The summed E-state index contributed by atoms with van der Waals surface area (Å²) in [7, 11) is 0. The van der Waals surface area contributed by atoms with E-state index in [0.717, 1.165) is 18.8 Å². The molecule has 1 aliphatic rings. The lowest BCUT2D eigenvalue weighted by Gasteiger charge is -2.38. The van der Waals surface area contributed by atoms with Crippen molar-refractivity contribution in [3.05, 3.63) is 6.33 Å². The van der Waals surface area contributed by atoms with Gasteiger partial charge in [-0.15, -0.1) is 0 Å². The summed E-state index contributed by atoms with van der Waals surface area (Å²) in [6.45, 7) is 8.25. The summed E-state index contributed by atoms with van der Waals surface area (Å²) in [5, 5.41) is 0. The van der Waals surface area contributed by atoms with Crippen LogP contribution >= 0.6 is 0 Å². The molecule has 19 heavy (non-hydrogen) atoms. The number of nitrogens with zero attached hydrogens (tertiary/aromatic N) is 3. The van der Waals surface area contributed by atoms with Crippen LogP contribution in [0.5, 0.6) is 5.88 Å². The molecule has 0 aromatic carbocycles. The smallest absolute Gasteiger partial charge is 0.242 e. The van der Waals surface area contributed by atoms with Crippen molar-refractivity contribution in [2.75, 3.05) is 30.4 Å². The molecule has 2 N–H and O–H groups in total. The van der Waals surface area contributed by atoms with Crippen LogP contribution in [0.2, 0.25) is 0 Å². The van der Waals surface area contributed by atoms with Gasteiger partial charge in [0.05, 0.1) is 25.4 Å². The van der Waals surface area contributed by atoms with E-state index in [1.165, 1.54) is 6.33 Å². The van der Waals surface area contributed by atoms with E-state index in [1.807, 2.05) is 13.8 Å². The van der Waals surface area contributed by atoms with E-state index in [4.69, 9.17) is 15.2 Å². The Balaban J connectivity index is 2.23. The number of aromatic nitrogens is 2. The van der Waals surface area contributed by atoms with Crippen LogP contribution in [-0.4, -0.2) is 41.9 Å². The third-order valence-electron chi connectivity index (χ3n) is 3.15. The van der Waals surface area contributed by atoms with Crippen molar-refractivity contribution in [1.29, 1.82) is 0 Å².